The summed E-state index contributed by atoms with van der Waals surface area (Å²) in [5, 5.41) is 1.47. The topological polar surface area (TPSA) is 24.7 Å². The van der Waals surface area contributed by atoms with Crippen molar-refractivity contribution in [1.82, 2.24) is 0 Å². The molecule has 0 radical (unpaired) electrons. The van der Waals surface area contributed by atoms with Gasteiger partial charge >= 0.3 is 0 Å². The predicted octanol–water partition coefficient (Wildman–Crippen LogP) is 5.23. The zero-order valence-electron chi connectivity index (χ0n) is 11.8. The van der Waals surface area contributed by atoms with E-state index < -0.39 is 0 Å². The van der Waals surface area contributed by atoms with E-state index in [0.29, 0.717) is 13.1 Å². The van der Waals surface area contributed by atoms with Crippen molar-refractivity contribution in [3.8, 4) is 0 Å². The molecule has 4 heteroatoms. The Morgan fingerprint density at radius 1 is 0.905 bits per heavy atom. The molecule has 0 unspecified atom stereocenters. The van der Waals surface area contributed by atoms with Crippen LogP contribution in [-0.2, 0) is 13.1 Å². The molecule has 0 N–H and O–H groups in total. The first kappa shape index (κ1) is 15.7. The van der Waals surface area contributed by atoms with E-state index in [4.69, 9.17) is 23.2 Å². The lowest BCUT2D eigenvalue weighted by molar-refractivity contribution is 1.06. The minimum Gasteiger partial charge on any atom is -0.287 e. The van der Waals surface area contributed by atoms with E-state index in [0.717, 1.165) is 26.9 Å². The Morgan fingerprint density at radius 3 is 2.00 bits per heavy atom. The summed E-state index contributed by atoms with van der Waals surface area (Å²) in [4.78, 5) is 8.82. The van der Waals surface area contributed by atoms with Crippen molar-refractivity contribution in [3.05, 3.63) is 69.7 Å². The van der Waals surface area contributed by atoms with Crippen LogP contribution >= 0.6 is 23.2 Å². The molecular weight excluding hydrogens is 303 g/mol. The second-order valence-electron chi connectivity index (χ2n) is 4.61. The molecule has 0 spiro atoms. The van der Waals surface area contributed by atoms with Gasteiger partial charge in [0.25, 0.3) is 0 Å². The van der Waals surface area contributed by atoms with Crippen molar-refractivity contribution < 1.29 is 0 Å². The van der Waals surface area contributed by atoms with Gasteiger partial charge in [-0.2, -0.15) is 0 Å². The monoisotopic (exact) mass is 318 g/mol. The number of rotatable bonds is 5. The Hall–Kier alpha value is -1.64. The highest BCUT2D eigenvalue weighted by Crippen LogP contribution is 2.16. The summed E-state index contributed by atoms with van der Waals surface area (Å²) in [6.45, 7) is 3.04. The molecule has 0 saturated heterocycles. The van der Waals surface area contributed by atoms with Crippen LogP contribution in [0.3, 0.4) is 0 Å². The minimum absolute atomic E-state index is 0.554. The van der Waals surface area contributed by atoms with Gasteiger partial charge in [0.15, 0.2) is 0 Å². The van der Waals surface area contributed by atoms with Gasteiger partial charge in [-0.05, 0) is 30.2 Å². The molecule has 0 atom stereocenters. The molecule has 21 heavy (non-hydrogen) atoms. The van der Waals surface area contributed by atoms with Gasteiger partial charge in [-0.25, -0.2) is 0 Å². The minimum atomic E-state index is 0.554. The third-order valence-electron chi connectivity index (χ3n) is 2.95. The van der Waals surface area contributed by atoms with Gasteiger partial charge in [-0.15, -0.1) is 0 Å². The largest absolute Gasteiger partial charge is 0.287 e. The molecule has 0 aliphatic rings. The summed E-state index contributed by atoms with van der Waals surface area (Å²) < 4.78 is 0. The number of aliphatic imine (C=N–C) groups is 2. The molecule has 2 nitrogen and oxygen atoms in total. The third-order valence-corrected chi connectivity index (χ3v) is 3.69. The Kier molecular flexibility index (Phi) is 5.97. The highest BCUT2D eigenvalue weighted by atomic mass is 35.5. The average Bonchev–Trinajstić information content (AvgIpc) is 2.48. The Morgan fingerprint density at radius 2 is 1.43 bits per heavy atom. The van der Waals surface area contributed by atoms with Crippen LogP contribution in [0.1, 0.15) is 18.1 Å². The van der Waals surface area contributed by atoms with Gasteiger partial charge in [-0.3, -0.25) is 9.98 Å². The quantitative estimate of drug-likeness (QED) is 0.675. The molecule has 0 saturated carbocycles. The molecule has 2 aromatic rings. The molecule has 0 aliphatic heterocycles. The fourth-order valence-electron chi connectivity index (χ4n) is 1.78. The maximum atomic E-state index is 6.09. The van der Waals surface area contributed by atoms with Crippen molar-refractivity contribution in [3.63, 3.8) is 0 Å². The van der Waals surface area contributed by atoms with Gasteiger partial charge in [0.1, 0.15) is 0 Å². The standard InChI is InChI=1S/C17H16Cl2N2/c1-13(21-12-15-7-3-5-9-17(15)19)10-20-11-14-6-2-4-8-16(14)18/h2-10H,11-12H2,1H3. The molecule has 0 bridgehead atoms. The summed E-state index contributed by atoms with van der Waals surface area (Å²) in [7, 11) is 0. The SMILES string of the molecule is CC(C=NCc1ccccc1Cl)=NCc1ccccc1Cl. The van der Waals surface area contributed by atoms with E-state index in [2.05, 4.69) is 9.98 Å². The second-order valence-corrected chi connectivity index (χ2v) is 5.42. The Bertz CT molecular complexity index is 663. The van der Waals surface area contributed by atoms with E-state index in [-0.39, 0.29) is 0 Å². The number of hydrogen-bond donors (Lipinski definition) is 0. The van der Waals surface area contributed by atoms with Gasteiger partial charge in [-0.1, -0.05) is 59.6 Å². The Labute approximate surface area is 135 Å². The fourth-order valence-corrected chi connectivity index (χ4v) is 2.17. The third kappa shape index (κ3) is 5.00. The molecule has 0 aromatic heterocycles. The van der Waals surface area contributed by atoms with Crippen molar-refractivity contribution in [2.45, 2.75) is 20.0 Å². The van der Waals surface area contributed by atoms with Crippen molar-refractivity contribution in [2.75, 3.05) is 0 Å². The summed E-state index contributed by atoms with van der Waals surface area (Å²) in [5.74, 6) is 0. The molecule has 2 aromatic carbocycles. The van der Waals surface area contributed by atoms with Crippen LogP contribution in [-0.4, -0.2) is 11.9 Å². The molecule has 2 rings (SSSR count). The van der Waals surface area contributed by atoms with Crippen LogP contribution in [0.25, 0.3) is 0 Å². The maximum Gasteiger partial charge on any atom is 0.0658 e. The first-order valence-corrected chi connectivity index (χ1v) is 7.40. The van der Waals surface area contributed by atoms with Crippen LogP contribution in [0.4, 0.5) is 0 Å². The van der Waals surface area contributed by atoms with Gasteiger partial charge < -0.3 is 0 Å². The Balaban J connectivity index is 1.93. The van der Waals surface area contributed by atoms with Crippen molar-refractivity contribution in [1.29, 1.82) is 0 Å². The van der Waals surface area contributed by atoms with E-state index in [9.17, 15) is 0 Å². The number of nitrogens with zero attached hydrogens (tertiary/aromatic N) is 2. The lowest BCUT2D eigenvalue weighted by atomic mass is 10.2. The van der Waals surface area contributed by atoms with E-state index in [1.807, 2.05) is 55.5 Å². The van der Waals surface area contributed by atoms with Crippen LogP contribution in [0.15, 0.2) is 58.5 Å². The second kappa shape index (κ2) is 7.96. The average molecular weight is 319 g/mol. The lowest BCUT2D eigenvalue weighted by Crippen LogP contribution is -1.96. The molecule has 0 aliphatic carbocycles. The van der Waals surface area contributed by atoms with Gasteiger partial charge in [0.2, 0.25) is 0 Å². The maximum absolute atomic E-state index is 6.09. The van der Waals surface area contributed by atoms with Gasteiger partial charge in [0.05, 0.1) is 13.1 Å². The number of halogens is 2. The van der Waals surface area contributed by atoms with Crippen LogP contribution < -0.4 is 0 Å². The normalized spacial score (nSPS) is 12.0. The van der Waals surface area contributed by atoms with Crippen molar-refractivity contribution in [2.24, 2.45) is 9.98 Å². The number of hydrogen-bond acceptors (Lipinski definition) is 2. The molecule has 108 valence electrons. The first-order chi connectivity index (χ1) is 10.2. The molecule has 0 fully saturated rings. The molecule has 0 amide bonds. The van der Waals surface area contributed by atoms with Crippen LogP contribution in [0.2, 0.25) is 10.0 Å². The molecule has 0 heterocycles. The van der Waals surface area contributed by atoms with E-state index in [1.165, 1.54) is 0 Å². The van der Waals surface area contributed by atoms with Gasteiger partial charge in [0, 0.05) is 22.0 Å². The number of benzene rings is 2. The fraction of sp³-hybridized carbons (Fsp3) is 0.176. The summed E-state index contributed by atoms with van der Waals surface area (Å²) >= 11 is 12.2. The lowest BCUT2D eigenvalue weighted by Gasteiger charge is -2.01. The highest BCUT2D eigenvalue weighted by Gasteiger charge is 1.98. The summed E-state index contributed by atoms with van der Waals surface area (Å²) in [6, 6.07) is 15.4. The zero-order valence-corrected chi connectivity index (χ0v) is 13.3. The smallest absolute Gasteiger partial charge is 0.0658 e. The van der Waals surface area contributed by atoms with Crippen LogP contribution in [0, 0.1) is 0 Å². The van der Waals surface area contributed by atoms with Crippen molar-refractivity contribution >= 4 is 35.1 Å². The highest BCUT2D eigenvalue weighted by molar-refractivity contribution is 6.32. The molecular formula is C17H16Cl2N2. The zero-order chi connectivity index (χ0) is 15.1. The summed E-state index contributed by atoms with van der Waals surface area (Å²) in [5.41, 5.74) is 2.88. The first-order valence-electron chi connectivity index (χ1n) is 6.64. The van der Waals surface area contributed by atoms with Crippen LogP contribution in [0.5, 0.6) is 0 Å². The van der Waals surface area contributed by atoms with E-state index >= 15 is 0 Å². The van der Waals surface area contributed by atoms with E-state index in [1.54, 1.807) is 6.21 Å². The summed E-state index contributed by atoms with van der Waals surface area (Å²) in [6.07, 6.45) is 1.76. The predicted molar refractivity (Wildman–Crippen MR) is 91.9 cm³/mol.